The number of carbonyl (C=O) groups excluding carboxylic acids is 1. The van der Waals surface area contributed by atoms with Gasteiger partial charge in [-0.15, -0.1) is 0 Å². The molecule has 0 aliphatic carbocycles. The van der Waals surface area contributed by atoms with Crippen LogP contribution < -0.4 is 9.62 Å². The van der Waals surface area contributed by atoms with Gasteiger partial charge in [-0.05, 0) is 54.4 Å². The molecule has 11 heteroatoms. The molecule has 35 heavy (non-hydrogen) atoms. The van der Waals surface area contributed by atoms with Gasteiger partial charge in [0.15, 0.2) is 9.84 Å². The minimum atomic E-state index is -3.67. The van der Waals surface area contributed by atoms with Crippen molar-refractivity contribution in [3.8, 4) is 0 Å². The zero-order valence-corrected chi connectivity index (χ0v) is 22.3. The lowest BCUT2D eigenvalue weighted by atomic mass is 10.1. The highest BCUT2D eigenvalue weighted by molar-refractivity contribution is 7.92. The fourth-order valence-electron chi connectivity index (χ4n) is 3.36. The number of benzene rings is 3. The summed E-state index contributed by atoms with van der Waals surface area (Å²) in [6.45, 7) is 1.80. The molecule has 0 heterocycles. The Morgan fingerprint density at radius 3 is 2.06 bits per heavy atom. The molecule has 1 N–H and O–H groups in total. The van der Waals surface area contributed by atoms with E-state index in [1.807, 2.05) is 0 Å². The van der Waals surface area contributed by atoms with Gasteiger partial charge >= 0.3 is 0 Å². The van der Waals surface area contributed by atoms with Crippen LogP contribution >= 0.6 is 23.2 Å². The Bertz CT molecular complexity index is 1440. The lowest BCUT2D eigenvalue weighted by Gasteiger charge is -2.24. The number of anilines is 1. The quantitative estimate of drug-likeness (QED) is 0.428. The van der Waals surface area contributed by atoms with Crippen molar-refractivity contribution in [1.82, 2.24) is 5.32 Å². The number of amides is 1. The predicted octanol–water partition coefficient (Wildman–Crippen LogP) is 4.85. The number of sulfone groups is 1. The Kier molecular flexibility index (Phi) is 8.16. The van der Waals surface area contributed by atoms with Crippen LogP contribution in [0.5, 0.6) is 0 Å². The zero-order valence-electron chi connectivity index (χ0n) is 19.2. The van der Waals surface area contributed by atoms with Crippen LogP contribution in [0.4, 0.5) is 5.69 Å². The third kappa shape index (κ3) is 6.76. The highest BCUT2D eigenvalue weighted by Gasteiger charge is 2.22. The summed E-state index contributed by atoms with van der Waals surface area (Å²) < 4.78 is 49.3. The maximum atomic E-state index is 12.7. The number of hydrogen-bond donors (Lipinski definition) is 1. The molecule has 3 aromatic carbocycles. The smallest absolute Gasteiger partial charge is 0.251 e. The van der Waals surface area contributed by atoms with E-state index in [0.717, 1.165) is 22.4 Å². The van der Waals surface area contributed by atoms with Crippen LogP contribution in [0.15, 0.2) is 71.6 Å². The lowest BCUT2D eigenvalue weighted by molar-refractivity contribution is 0.0940. The number of hydrogen-bond acceptors (Lipinski definition) is 5. The number of carbonyl (C=O) groups is 1. The van der Waals surface area contributed by atoms with Crippen LogP contribution in [0.3, 0.4) is 0 Å². The molecule has 186 valence electrons. The SMILES string of the molecule is C[C@H](NC(=O)c1ccc(CN(c2cccc(Cl)c2Cl)S(C)(=O)=O)cc1)c1ccc(S(C)(=O)=O)cc1. The average Bonchev–Trinajstić information content (AvgIpc) is 2.78. The molecule has 0 saturated carbocycles. The van der Waals surface area contributed by atoms with E-state index in [1.165, 1.54) is 12.1 Å². The molecule has 0 fully saturated rings. The van der Waals surface area contributed by atoms with Crippen LogP contribution in [0.2, 0.25) is 10.0 Å². The molecular formula is C24H24Cl2N2O5S2. The average molecular weight is 556 g/mol. The van der Waals surface area contributed by atoms with Crippen molar-refractivity contribution in [2.24, 2.45) is 0 Å². The Balaban J connectivity index is 1.74. The maximum Gasteiger partial charge on any atom is 0.251 e. The maximum absolute atomic E-state index is 12.7. The third-order valence-corrected chi connectivity index (χ3v) is 8.36. The Morgan fingerprint density at radius 2 is 1.51 bits per heavy atom. The second kappa shape index (κ2) is 10.6. The zero-order chi connectivity index (χ0) is 26.0. The highest BCUT2D eigenvalue weighted by Crippen LogP contribution is 2.34. The van der Waals surface area contributed by atoms with Gasteiger partial charge in [0.05, 0.1) is 39.5 Å². The first-order valence-electron chi connectivity index (χ1n) is 10.4. The van der Waals surface area contributed by atoms with Gasteiger partial charge in [-0.2, -0.15) is 0 Å². The topological polar surface area (TPSA) is 101 Å². The summed E-state index contributed by atoms with van der Waals surface area (Å²) in [5.41, 5.74) is 2.05. The largest absolute Gasteiger partial charge is 0.346 e. The number of nitrogens with one attached hydrogen (secondary N) is 1. The van der Waals surface area contributed by atoms with Crippen LogP contribution in [-0.2, 0) is 26.4 Å². The molecule has 7 nitrogen and oxygen atoms in total. The van der Waals surface area contributed by atoms with Gasteiger partial charge in [0.1, 0.15) is 0 Å². The minimum absolute atomic E-state index is 0.00385. The summed E-state index contributed by atoms with van der Waals surface area (Å²) in [6, 6.07) is 17.2. The summed E-state index contributed by atoms with van der Waals surface area (Å²) in [5, 5.41) is 3.24. The summed E-state index contributed by atoms with van der Waals surface area (Å²) in [4.78, 5) is 12.9. The molecule has 0 bridgehead atoms. The van der Waals surface area contributed by atoms with E-state index in [4.69, 9.17) is 23.2 Å². The summed E-state index contributed by atoms with van der Waals surface area (Å²) >= 11 is 12.3. The van der Waals surface area contributed by atoms with Crippen molar-refractivity contribution in [3.63, 3.8) is 0 Å². The van der Waals surface area contributed by atoms with E-state index in [0.29, 0.717) is 11.1 Å². The van der Waals surface area contributed by atoms with Crippen LogP contribution in [-0.4, -0.2) is 35.3 Å². The van der Waals surface area contributed by atoms with Crippen LogP contribution in [0.25, 0.3) is 0 Å². The standard InChI is InChI=1S/C24H24Cl2N2O5S2/c1-16(18-11-13-20(14-12-18)34(2,30)31)27-24(29)19-9-7-17(8-10-19)15-28(35(3,32)33)22-6-4-5-21(25)23(22)26/h4-14,16H,15H2,1-3H3,(H,27,29)/t16-/m0/s1. The lowest BCUT2D eigenvalue weighted by Crippen LogP contribution is -2.29. The monoisotopic (exact) mass is 554 g/mol. The Morgan fingerprint density at radius 1 is 0.914 bits per heavy atom. The molecule has 0 aliphatic rings. The van der Waals surface area contributed by atoms with Crippen molar-refractivity contribution in [2.75, 3.05) is 16.8 Å². The van der Waals surface area contributed by atoms with Crippen LogP contribution in [0, 0.1) is 0 Å². The number of rotatable bonds is 8. The molecule has 0 aliphatic heterocycles. The molecule has 0 radical (unpaired) electrons. The van der Waals surface area contributed by atoms with Crippen molar-refractivity contribution in [1.29, 1.82) is 0 Å². The second-order valence-electron chi connectivity index (χ2n) is 8.08. The van der Waals surface area contributed by atoms with Crippen molar-refractivity contribution >= 4 is 54.7 Å². The van der Waals surface area contributed by atoms with Gasteiger partial charge in [-0.25, -0.2) is 16.8 Å². The van der Waals surface area contributed by atoms with Gasteiger partial charge in [0, 0.05) is 11.8 Å². The molecule has 0 spiro atoms. The molecule has 3 aromatic rings. The normalized spacial score (nSPS) is 12.7. The summed E-state index contributed by atoms with van der Waals surface area (Å²) in [6.07, 6.45) is 2.21. The van der Waals surface area contributed by atoms with Gasteiger partial charge in [0.25, 0.3) is 5.91 Å². The number of nitrogens with zero attached hydrogens (tertiary/aromatic N) is 1. The molecule has 0 saturated heterocycles. The first kappa shape index (κ1) is 27.0. The predicted molar refractivity (Wildman–Crippen MR) is 139 cm³/mol. The molecule has 0 unspecified atom stereocenters. The molecular weight excluding hydrogens is 531 g/mol. The number of sulfonamides is 1. The van der Waals surface area contributed by atoms with Crippen molar-refractivity contribution in [2.45, 2.75) is 24.4 Å². The van der Waals surface area contributed by atoms with E-state index in [1.54, 1.807) is 61.5 Å². The van der Waals surface area contributed by atoms with Crippen LogP contribution in [0.1, 0.15) is 34.5 Å². The van der Waals surface area contributed by atoms with E-state index in [2.05, 4.69) is 5.32 Å². The first-order valence-corrected chi connectivity index (χ1v) is 14.9. The van der Waals surface area contributed by atoms with Gasteiger partial charge in [0.2, 0.25) is 10.0 Å². The fraction of sp³-hybridized carbons (Fsp3) is 0.208. The van der Waals surface area contributed by atoms with E-state index < -0.39 is 19.9 Å². The van der Waals surface area contributed by atoms with Crippen molar-refractivity contribution < 1.29 is 21.6 Å². The van der Waals surface area contributed by atoms with Gasteiger partial charge in [-0.1, -0.05) is 53.5 Å². The summed E-state index contributed by atoms with van der Waals surface area (Å²) in [7, 11) is -6.97. The Labute approximate surface area is 215 Å². The molecule has 3 rings (SSSR count). The Hall–Kier alpha value is -2.59. The van der Waals surface area contributed by atoms with E-state index in [-0.39, 0.29) is 39.1 Å². The van der Waals surface area contributed by atoms with Gasteiger partial charge in [-0.3, -0.25) is 9.10 Å². The molecule has 1 atom stereocenters. The summed E-state index contributed by atoms with van der Waals surface area (Å²) in [5.74, 6) is -0.325. The van der Waals surface area contributed by atoms with E-state index in [9.17, 15) is 21.6 Å². The molecule has 1 amide bonds. The number of halogens is 2. The first-order chi connectivity index (χ1) is 16.3. The fourth-order valence-corrected chi connectivity index (χ4v) is 5.33. The minimum Gasteiger partial charge on any atom is -0.346 e. The van der Waals surface area contributed by atoms with E-state index >= 15 is 0 Å². The van der Waals surface area contributed by atoms with Gasteiger partial charge < -0.3 is 5.32 Å². The molecule has 0 aromatic heterocycles. The second-order valence-corrected chi connectivity index (χ2v) is 12.8. The third-order valence-electron chi connectivity index (χ3n) is 5.30. The van der Waals surface area contributed by atoms with Crippen molar-refractivity contribution in [3.05, 3.63) is 93.5 Å². The highest BCUT2D eigenvalue weighted by atomic mass is 35.5.